The Labute approximate surface area is 132 Å². The number of rotatable bonds is 2. The lowest BCUT2D eigenvalue weighted by Crippen LogP contribution is -2.80. The first-order valence-electron chi connectivity index (χ1n) is 8.34. The lowest BCUT2D eigenvalue weighted by atomic mass is 9.39. The molecule has 0 aromatic heterocycles. The maximum absolute atomic E-state index is 6.61. The summed E-state index contributed by atoms with van der Waals surface area (Å²) in [5.74, 6) is 0. The molecule has 2 aliphatic heterocycles. The van der Waals surface area contributed by atoms with Crippen molar-refractivity contribution in [1.29, 1.82) is 0 Å². The summed E-state index contributed by atoms with van der Waals surface area (Å²) in [5.41, 5.74) is 2.68. The number of nitrogens with one attached hydrogen (secondary N) is 1. The summed E-state index contributed by atoms with van der Waals surface area (Å²) in [6.45, 7) is 5.20. The second-order valence-corrected chi connectivity index (χ2v) is 6.58. The molecule has 2 heterocycles. The Morgan fingerprint density at radius 1 is 0.773 bits per heavy atom. The summed E-state index contributed by atoms with van der Waals surface area (Å²) in [4.78, 5) is 0. The molecule has 2 aromatic rings. The van der Waals surface area contributed by atoms with Crippen molar-refractivity contribution in [3.8, 4) is 0 Å². The lowest BCUT2D eigenvalue weighted by molar-refractivity contribution is -0.827. The fourth-order valence-electron chi connectivity index (χ4n) is 4.62. The smallest absolute Gasteiger partial charge is 0.391 e. The van der Waals surface area contributed by atoms with Gasteiger partial charge in [0.25, 0.3) is 0 Å². The molecular formula is C18H23BN2O. The van der Waals surface area contributed by atoms with Crippen molar-refractivity contribution in [2.24, 2.45) is 0 Å². The number of benzene rings is 2. The zero-order valence-electron chi connectivity index (χ0n) is 12.9. The van der Waals surface area contributed by atoms with Gasteiger partial charge >= 0.3 is 6.48 Å². The monoisotopic (exact) mass is 294 g/mol. The van der Waals surface area contributed by atoms with Crippen LogP contribution in [0.3, 0.4) is 0 Å². The van der Waals surface area contributed by atoms with Crippen LogP contribution in [0.1, 0.15) is 0 Å². The van der Waals surface area contributed by atoms with Gasteiger partial charge in [0.2, 0.25) is 0 Å². The minimum atomic E-state index is -1.20. The van der Waals surface area contributed by atoms with Gasteiger partial charge in [0.1, 0.15) is 0 Å². The molecule has 4 heteroatoms. The topological polar surface area (TPSA) is 21.3 Å². The molecule has 0 radical (unpaired) electrons. The van der Waals surface area contributed by atoms with Gasteiger partial charge in [0.15, 0.2) is 0 Å². The van der Waals surface area contributed by atoms with Crippen LogP contribution in [-0.4, -0.2) is 50.2 Å². The largest absolute Gasteiger partial charge is 0.527 e. The van der Waals surface area contributed by atoms with Crippen LogP contribution >= 0.6 is 0 Å². The van der Waals surface area contributed by atoms with Gasteiger partial charge in [0, 0.05) is 13.1 Å². The Morgan fingerprint density at radius 2 is 1.32 bits per heavy atom. The summed E-state index contributed by atoms with van der Waals surface area (Å²) < 4.78 is 7.68. The van der Waals surface area contributed by atoms with Crippen LogP contribution in [0.15, 0.2) is 60.7 Å². The molecule has 22 heavy (non-hydrogen) atoms. The van der Waals surface area contributed by atoms with Crippen LogP contribution in [-0.2, 0) is 4.65 Å². The zero-order chi connectivity index (χ0) is 14.9. The third kappa shape index (κ3) is 1.95. The summed E-state index contributed by atoms with van der Waals surface area (Å²) >= 11 is 0. The molecule has 0 atom stereocenters. The van der Waals surface area contributed by atoms with E-state index in [1.165, 1.54) is 10.9 Å². The number of piperazine rings is 1. The molecule has 2 aliphatic rings. The molecule has 0 amide bonds. The quantitative estimate of drug-likeness (QED) is 0.823. The highest BCUT2D eigenvalue weighted by molar-refractivity contribution is 6.92. The average molecular weight is 294 g/mol. The molecule has 114 valence electrons. The molecule has 0 saturated carbocycles. The van der Waals surface area contributed by atoms with E-state index < -0.39 is 6.48 Å². The molecule has 0 bridgehead atoms. The second-order valence-electron chi connectivity index (χ2n) is 6.58. The van der Waals surface area contributed by atoms with E-state index in [1.807, 2.05) is 0 Å². The Morgan fingerprint density at radius 3 is 1.86 bits per heavy atom. The Hall–Kier alpha value is -1.62. The number of quaternary nitrogens is 1. The van der Waals surface area contributed by atoms with Gasteiger partial charge in [-0.1, -0.05) is 60.7 Å². The van der Waals surface area contributed by atoms with Gasteiger partial charge in [0.05, 0.1) is 26.2 Å². The van der Waals surface area contributed by atoms with Gasteiger partial charge in [-0.25, -0.2) is 0 Å². The molecule has 2 fully saturated rings. The van der Waals surface area contributed by atoms with E-state index in [4.69, 9.17) is 4.65 Å². The summed E-state index contributed by atoms with van der Waals surface area (Å²) in [7, 11) is 0. The van der Waals surface area contributed by atoms with Gasteiger partial charge in [-0.05, 0) is 0 Å². The second kappa shape index (κ2) is 5.54. The lowest BCUT2D eigenvalue weighted by Gasteiger charge is -2.57. The summed E-state index contributed by atoms with van der Waals surface area (Å²) in [5, 5.41) is 3.52. The predicted molar refractivity (Wildman–Crippen MR) is 91.6 cm³/mol. The van der Waals surface area contributed by atoms with Crippen molar-refractivity contribution in [3.63, 3.8) is 0 Å². The highest BCUT2D eigenvalue weighted by Crippen LogP contribution is 2.29. The van der Waals surface area contributed by atoms with Gasteiger partial charge in [-0.15, -0.1) is 10.9 Å². The first-order valence-corrected chi connectivity index (χ1v) is 8.34. The maximum atomic E-state index is 6.61. The van der Waals surface area contributed by atoms with Crippen molar-refractivity contribution in [2.45, 2.75) is 0 Å². The Bertz CT molecular complexity index is 587. The molecule has 3 nitrogen and oxygen atoms in total. The fraction of sp³-hybridized carbons (Fsp3) is 0.333. The first-order chi connectivity index (χ1) is 10.9. The minimum Gasteiger partial charge on any atom is -0.527 e. The van der Waals surface area contributed by atoms with E-state index in [2.05, 4.69) is 66.0 Å². The normalized spacial score (nSPS) is 22.7. The molecule has 2 saturated heterocycles. The fourth-order valence-corrected chi connectivity index (χ4v) is 4.62. The van der Waals surface area contributed by atoms with Crippen LogP contribution in [0.4, 0.5) is 0 Å². The van der Waals surface area contributed by atoms with Crippen LogP contribution in [0.2, 0.25) is 0 Å². The number of hydrogen-bond acceptors (Lipinski definition) is 2. The van der Waals surface area contributed by atoms with E-state index in [9.17, 15) is 0 Å². The number of hydrogen-bond donors (Lipinski definition) is 1. The SMILES string of the molecule is c1ccc([B-]2(c3ccccc3)OCC[N+]23CCNCC3)cc1. The van der Waals surface area contributed by atoms with Crippen LogP contribution in [0.25, 0.3) is 0 Å². The molecular weight excluding hydrogens is 271 g/mol. The third-order valence-electron chi connectivity index (χ3n) is 5.64. The van der Waals surface area contributed by atoms with Crippen molar-refractivity contribution < 1.29 is 9.05 Å². The van der Waals surface area contributed by atoms with Crippen LogP contribution in [0, 0.1) is 0 Å². The molecule has 0 aliphatic carbocycles. The predicted octanol–water partition coefficient (Wildman–Crippen LogP) is 0.693. The molecule has 1 spiro atoms. The van der Waals surface area contributed by atoms with Crippen LogP contribution in [0.5, 0.6) is 0 Å². The summed E-state index contributed by atoms with van der Waals surface area (Å²) in [6, 6.07) is 21.8. The van der Waals surface area contributed by atoms with Crippen molar-refractivity contribution in [3.05, 3.63) is 60.7 Å². The van der Waals surface area contributed by atoms with E-state index in [1.54, 1.807) is 0 Å². The van der Waals surface area contributed by atoms with E-state index in [0.717, 1.165) is 43.7 Å². The summed E-state index contributed by atoms with van der Waals surface area (Å²) in [6.07, 6.45) is 0. The third-order valence-corrected chi connectivity index (χ3v) is 5.64. The first kappa shape index (κ1) is 14.0. The minimum absolute atomic E-state index is 0.851. The van der Waals surface area contributed by atoms with E-state index >= 15 is 0 Å². The Kier molecular flexibility index (Phi) is 3.53. The van der Waals surface area contributed by atoms with Crippen molar-refractivity contribution >= 4 is 17.4 Å². The van der Waals surface area contributed by atoms with E-state index in [0.29, 0.717) is 0 Å². The van der Waals surface area contributed by atoms with Crippen LogP contribution < -0.4 is 16.2 Å². The van der Waals surface area contributed by atoms with Gasteiger partial charge in [-0.2, -0.15) is 0 Å². The average Bonchev–Trinajstić information content (AvgIpc) is 2.96. The van der Waals surface area contributed by atoms with Gasteiger partial charge in [-0.3, -0.25) is 0 Å². The number of nitrogens with zero attached hydrogens (tertiary/aromatic N) is 1. The zero-order valence-corrected chi connectivity index (χ0v) is 12.9. The molecule has 0 unspecified atom stereocenters. The Balaban J connectivity index is 1.93. The van der Waals surface area contributed by atoms with Gasteiger partial charge < -0.3 is 14.4 Å². The highest BCUT2D eigenvalue weighted by atomic mass is 16.5. The molecule has 1 N–H and O–H groups in total. The standard InChI is InChI=1S/C18H23BN2O/c1-3-7-17(8-4-1)19(18-9-5-2-6-10-18)21(15-16-22-19)13-11-20-12-14-21/h1-10,20H,11-16H2. The molecule has 2 aromatic carbocycles. The van der Waals surface area contributed by atoms with E-state index in [-0.39, 0.29) is 0 Å². The van der Waals surface area contributed by atoms with Crippen molar-refractivity contribution in [2.75, 3.05) is 39.3 Å². The maximum Gasteiger partial charge on any atom is 0.391 e. The van der Waals surface area contributed by atoms with Crippen molar-refractivity contribution in [1.82, 2.24) is 5.32 Å². The highest BCUT2D eigenvalue weighted by Gasteiger charge is 2.54. The molecule has 4 rings (SSSR count).